The molecule has 4 nitrogen and oxygen atoms in total. The maximum Gasteiger partial charge on any atom is 0.237 e. The molecular formula is C14H28N2O2. The number of hydrogen-bond donors (Lipinski definition) is 2. The van der Waals surface area contributed by atoms with Crippen LogP contribution in [-0.2, 0) is 9.53 Å². The highest BCUT2D eigenvalue weighted by Crippen LogP contribution is 2.12. The van der Waals surface area contributed by atoms with Crippen molar-refractivity contribution in [2.75, 3.05) is 13.2 Å². The second-order valence-electron chi connectivity index (χ2n) is 5.47. The lowest BCUT2D eigenvalue weighted by atomic mass is 9.99. The molecule has 0 saturated carbocycles. The normalized spacial score (nSPS) is 24.2. The molecular weight excluding hydrogens is 228 g/mol. The summed E-state index contributed by atoms with van der Waals surface area (Å²) in [5.74, 6) is 0.159. The molecule has 1 saturated heterocycles. The minimum absolute atomic E-state index is 0.0145. The number of unbranched alkanes of at least 4 members (excludes halogenated alkanes) is 1. The SMILES string of the molecule is CC1CCCC(C(=O)NCCCCOC(C)C)N1. The molecule has 18 heavy (non-hydrogen) atoms. The van der Waals surface area contributed by atoms with Crippen molar-refractivity contribution < 1.29 is 9.53 Å². The van der Waals surface area contributed by atoms with Crippen molar-refractivity contribution in [1.29, 1.82) is 0 Å². The Kier molecular flexibility index (Phi) is 7.28. The second-order valence-corrected chi connectivity index (χ2v) is 5.47. The average Bonchev–Trinajstić information content (AvgIpc) is 2.33. The van der Waals surface area contributed by atoms with Crippen LogP contribution in [0.25, 0.3) is 0 Å². The predicted molar refractivity (Wildman–Crippen MR) is 73.6 cm³/mol. The molecule has 0 aromatic heterocycles. The Morgan fingerprint density at radius 2 is 2.17 bits per heavy atom. The third-order valence-corrected chi connectivity index (χ3v) is 3.25. The van der Waals surface area contributed by atoms with Gasteiger partial charge in [0.25, 0.3) is 0 Å². The second kappa shape index (κ2) is 8.48. The zero-order valence-corrected chi connectivity index (χ0v) is 12.0. The van der Waals surface area contributed by atoms with Gasteiger partial charge in [-0.3, -0.25) is 4.79 Å². The van der Waals surface area contributed by atoms with Gasteiger partial charge in [0.1, 0.15) is 0 Å². The number of carbonyl (C=O) groups is 1. The molecule has 0 radical (unpaired) electrons. The van der Waals surface area contributed by atoms with Crippen molar-refractivity contribution >= 4 is 5.91 Å². The summed E-state index contributed by atoms with van der Waals surface area (Å²) in [4.78, 5) is 11.9. The van der Waals surface area contributed by atoms with E-state index in [1.54, 1.807) is 0 Å². The van der Waals surface area contributed by atoms with Crippen molar-refractivity contribution in [2.45, 2.75) is 71.1 Å². The van der Waals surface area contributed by atoms with Crippen LogP contribution >= 0.6 is 0 Å². The van der Waals surface area contributed by atoms with Crippen molar-refractivity contribution in [2.24, 2.45) is 0 Å². The first-order valence-electron chi connectivity index (χ1n) is 7.25. The third-order valence-electron chi connectivity index (χ3n) is 3.25. The number of nitrogens with one attached hydrogen (secondary N) is 2. The number of amides is 1. The van der Waals surface area contributed by atoms with Crippen molar-refractivity contribution in [3.8, 4) is 0 Å². The highest BCUT2D eigenvalue weighted by atomic mass is 16.5. The Bertz CT molecular complexity index is 244. The van der Waals surface area contributed by atoms with E-state index in [2.05, 4.69) is 17.6 Å². The first-order valence-corrected chi connectivity index (χ1v) is 7.25. The van der Waals surface area contributed by atoms with E-state index in [0.29, 0.717) is 12.1 Å². The van der Waals surface area contributed by atoms with Crippen molar-refractivity contribution in [1.82, 2.24) is 10.6 Å². The molecule has 2 atom stereocenters. The van der Waals surface area contributed by atoms with Crippen LogP contribution in [0.3, 0.4) is 0 Å². The van der Waals surface area contributed by atoms with Crippen LogP contribution in [0, 0.1) is 0 Å². The maximum absolute atomic E-state index is 11.9. The fraction of sp³-hybridized carbons (Fsp3) is 0.929. The summed E-state index contributed by atoms with van der Waals surface area (Å²) in [6, 6.07) is 0.481. The van der Waals surface area contributed by atoms with E-state index in [-0.39, 0.29) is 11.9 Å². The lowest BCUT2D eigenvalue weighted by molar-refractivity contribution is -0.124. The smallest absolute Gasteiger partial charge is 0.237 e. The molecule has 1 aliphatic heterocycles. The zero-order valence-electron chi connectivity index (χ0n) is 12.0. The van der Waals surface area contributed by atoms with E-state index in [1.807, 2.05) is 13.8 Å². The Morgan fingerprint density at radius 1 is 1.39 bits per heavy atom. The maximum atomic E-state index is 11.9. The number of carbonyl (C=O) groups excluding carboxylic acids is 1. The predicted octanol–water partition coefficient (Wildman–Crippen LogP) is 1.84. The first-order chi connectivity index (χ1) is 8.59. The summed E-state index contributed by atoms with van der Waals surface area (Å²) in [5, 5.41) is 6.35. The standard InChI is InChI=1S/C14H28N2O2/c1-11(2)18-10-5-4-9-15-14(17)13-8-6-7-12(3)16-13/h11-13,16H,4-10H2,1-3H3,(H,15,17). The molecule has 0 aliphatic carbocycles. The summed E-state index contributed by atoms with van der Waals surface area (Å²) in [6.45, 7) is 7.76. The summed E-state index contributed by atoms with van der Waals surface area (Å²) >= 11 is 0. The Morgan fingerprint density at radius 3 is 2.83 bits per heavy atom. The molecule has 106 valence electrons. The molecule has 1 aliphatic rings. The van der Waals surface area contributed by atoms with E-state index in [1.165, 1.54) is 6.42 Å². The van der Waals surface area contributed by atoms with Gasteiger partial charge in [-0.1, -0.05) is 0 Å². The van der Waals surface area contributed by atoms with Crippen LogP contribution < -0.4 is 10.6 Å². The number of ether oxygens (including phenoxy) is 1. The van der Waals surface area contributed by atoms with Crippen LogP contribution in [0.2, 0.25) is 0 Å². The van der Waals surface area contributed by atoms with Crippen molar-refractivity contribution in [3.63, 3.8) is 0 Å². The molecule has 1 heterocycles. The monoisotopic (exact) mass is 256 g/mol. The first kappa shape index (κ1) is 15.4. The van der Waals surface area contributed by atoms with E-state index in [0.717, 1.165) is 38.8 Å². The minimum atomic E-state index is 0.0145. The minimum Gasteiger partial charge on any atom is -0.379 e. The molecule has 0 aromatic carbocycles. The van der Waals surface area contributed by atoms with E-state index in [9.17, 15) is 4.79 Å². The van der Waals surface area contributed by atoms with Crippen LogP contribution in [0.15, 0.2) is 0 Å². The highest BCUT2D eigenvalue weighted by Gasteiger charge is 2.23. The zero-order chi connectivity index (χ0) is 13.4. The van der Waals surface area contributed by atoms with E-state index < -0.39 is 0 Å². The molecule has 0 spiro atoms. The number of rotatable bonds is 7. The van der Waals surface area contributed by atoms with Crippen LogP contribution in [0.4, 0.5) is 0 Å². The molecule has 2 unspecified atom stereocenters. The fourth-order valence-electron chi connectivity index (χ4n) is 2.23. The van der Waals surface area contributed by atoms with E-state index in [4.69, 9.17) is 4.74 Å². The lowest BCUT2D eigenvalue weighted by Gasteiger charge is -2.27. The van der Waals surface area contributed by atoms with Gasteiger partial charge in [0.05, 0.1) is 12.1 Å². The summed E-state index contributed by atoms with van der Waals surface area (Å²) in [7, 11) is 0. The average molecular weight is 256 g/mol. The van der Waals surface area contributed by atoms with Crippen molar-refractivity contribution in [3.05, 3.63) is 0 Å². The van der Waals surface area contributed by atoms with Gasteiger partial charge >= 0.3 is 0 Å². The molecule has 0 bridgehead atoms. The number of piperidine rings is 1. The molecule has 1 amide bonds. The summed E-state index contributed by atoms with van der Waals surface area (Å²) in [6.07, 6.45) is 5.58. The van der Waals surface area contributed by atoms with Gasteiger partial charge in [-0.15, -0.1) is 0 Å². The van der Waals surface area contributed by atoms with Crippen LogP contribution in [-0.4, -0.2) is 37.2 Å². The van der Waals surface area contributed by atoms with Gasteiger partial charge in [0, 0.05) is 19.2 Å². The highest BCUT2D eigenvalue weighted by molar-refractivity contribution is 5.81. The Balaban J connectivity index is 2.02. The lowest BCUT2D eigenvalue weighted by Crippen LogP contribution is -2.50. The molecule has 1 rings (SSSR count). The van der Waals surface area contributed by atoms with Crippen LogP contribution in [0.1, 0.15) is 52.9 Å². The van der Waals surface area contributed by atoms with Gasteiger partial charge in [-0.05, 0) is 52.9 Å². The summed E-state index contributed by atoms with van der Waals surface area (Å²) < 4.78 is 5.45. The van der Waals surface area contributed by atoms with Gasteiger partial charge in [0.2, 0.25) is 5.91 Å². The molecule has 2 N–H and O–H groups in total. The van der Waals surface area contributed by atoms with Gasteiger partial charge in [-0.25, -0.2) is 0 Å². The third kappa shape index (κ3) is 6.36. The fourth-order valence-corrected chi connectivity index (χ4v) is 2.23. The van der Waals surface area contributed by atoms with E-state index >= 15 is 0 Å². The molecule has 0 aromatic rings. The topological polar surface area (TPSA) is 50.4 Å². The van der Waals surface area contributed by atoms with Gasteiger partial charge in [0.15, 0.2) is 0 Å². The summed E-state index contributed by atoms with van der Waals surface area (Å²) in [5.41, 5.74) is 0. The molecule has 4 heteroatoms. The Labute approximate surface area is 111 Å². The number of hydrogen-bond acceptors (Lipinski definition) is 3. The van der Waals surface area contributed by atoms with Crippen LogP contribution in [0.5, 0.6) is 0 Å². The quantitative estimate of drug-likeness (QED) is 0.683. The van der Waals surface area contributed by atoms with Gasteiger partial charge in [-0.2, -0.15) is 0 Å². The largest absolute Gasteiger partial charge is 0.379 e. The Hall–Kier alpha value is -0.610. The molecule has 1 fully saturated rings. The van der Waals surface area contributed by atoms with Gasteiger partial charge < -0.3 is 15.4 Å².